The summed E-state index contributed by atoms with van der Waals surface area (Å²) in [5.74, 6) is 1.67. The van der Waals surface area contributed by atoms with Crippen molar-refractivity contribution in [2.24, 2.45) is 0 Å². The molecule has 1 aromatic carbocycles. The van der Waals surface area contributed by atoms with Gasteiger partial charge in [-0.15, -0.1) is 0 Å². The molecule has 1 aromatic heterocycles. The summed E-state index contributed by atoms with van der Waals surface area (Å²) >= 11 is 6.11. The normalized spacial score (nSPS) is 15.1. The summed E-state index contributed by atoms with van der Waals surface area (Å²) in [6.45, 7) is 3.51. The highest BCUT2D eigenvalue weighted by Gasteiger charge is 2.21. The first-order valence-corrected chi connectivity index (χ1v) is 7.27. The van der Waals surface area contributed by atoms with Crippen molar-refractivity contribution in [3.05, 3.63) is 41.8 Å². The predicted molar refractivity (Wildman–Crippen MR) is 84.5 cm³/mol. The van der Waals surface area contributed by atoms with Crippen molar-refractivity contribution in [3.63, 3.8) is 0 Å². The lowest BCUT2D eigenvalue weighted by Crippen LogP contribution is -2.47. The number of rotatable bonds is 3. The van der Waals surface area contributed by atoms with Crippen LogP contribution in [-0.2, 0) is 0 Å². The molecule has 0 bridgehead atoms. The Balaban J connectivity index is 1.72. The summed E-state index contributed by atoms with van der Waals surface area (Å²) in [7, 11) is 1.70. The Morgan fingerprint density at radius 1 is 1.00 bits per heavy atom. The smallest absolute Gasteiger partial charge is 0.171 e. The number of hydrogen-bond acceptors (Lipinski definition) is 5. The van der Waals surface area contributed by atoms with Crippen LogP contribution in [0, 0.1) is 0 Å². The minimum atomic E-state index is 0.461. The van der Waals surface area contributed by atoms with Crippen LogP contribution in [-0.4, -0.2) is 43.3 Å². The molecule has 0 spiro atoms. The number of benzene rings is 1. The molecule has 0 N–H and O–H groups in total. The molecule has 1 aliphatic rings. The van der Waals surface area contributed by atoms with Crippen LogP contribution in [0.5, 0.6) is 5.75 Å². The highest BCUT2D eigenvalue weighted by Crippen LogP contribution is 2.29. The molecule has 21 heavy (non-hydrogen) atoms. The molecule has 0 saturated carbocycles. The Labute approximate surface area is 129 Å². The summed E-state index contributed by atoms with van der Waals surface area (Å²) in [5, 5.41) is 0.461. The van der Waals surface area contributed by atoms with Gasteiger partial charge < -0.3 is 14.5 Å². The van der Waals surface area contributed by atoms with E-state index < -0.39 is 0 Å². The van der Waals surface area contributed by atoms with Gasteiger partial charge in [-0.3, -0.25) is 0 Å². The monoisotopic (exact) mass is 304 g/mol. The summed E-state index contributed by atoms with van der Waals surface area (Å²) in [6, 6.07) is 8.09. The molecular weight excluding hydrogens is 288 g/mol. The minimum absolute atomic E-state index is 0.461. The summed E-state index contributed by atoms with van der Waals surface area (Å²) in [4.78, 5) is 12.9. The third-order valence-electron chi connectivity index (χ3n) is 3.64. The van der Waals surface area contributed by atoms with Crippen LogP contribution in [0.3, 0.4) is 0 Å². The van der Waals surface area contributed by atoms with Crippen molar-refractivity contribution in [3.8, 4) is 5.75 Å². The van der Waals surface area contributed by atoms with Gasteiger partial charge in [0.05, 0.1) is 12.8 Å². The number of piperazine rings is 1. The quantitative estimate of drug-likeness (QED) is 0.871. The number of hydrogen-bond donors (Lipinski definition) is 0. The Bertz CT molecular complexity index is 614. The zero-order valence-electron chi connectivity index (χ0n) is 11.9. The van der Waals surface area contributed by atoms with Crippen molar-refractivity contribution >= 4 is 23.1 Å². The van der Waals surface area contributed by atoms with Gasteiger partial charge in [0, 0.05) is 38.6 Å². The molecule has 2 aromatic rings. The average Bonchev–Trinajstić information content (AvgIpc) is 2.55. The van der Waals surface area contributed by atoms with Gasteiger partial charge in [-0.2, -0.15) is 0 Å². The van der Waals surface area contributed by atoms with E-state index in [2.05, 4.69) is 25.8 Å². The summed E-state index contributed by atoms with van der Waals surface area (Å²) in [6.07, 6.45) is 3.28. The first-order valence-electron chi connectivity index (χ1n) is 6.89. The van der Waals surface area contributed by atoms with Crippen LogP contribution in [0.25, 0.3) is 0 Å². The first kappa shape index (κ1) is 13.9. The Morgan fingerprint density at radius 2 is 1.67 bits per heavy atom. The number of anilines is 2. The lowest BCUT2D eigenvalue weighted by molar-refractivity contribution is 0.413. The van der Waals surface area contributed by atoms with Crippen LogP contribution in [0.1, 0.15) is 0 Å². The zero-order chi connectivity index (χ0) is 14.7. The van der Waals surface area contributed by atoms with Crippen molar-refractivity contribution in [1.82, 2.24) is 9.97 Å². The van der Waals surface area contributed by atoms with Crippen LogP contribution in [0.4, 0.5) is 11.5 Å². The molecular formula is C15H17ClN4O. The molecule has 110 valence electrons. The van der Waals surface area contributed by atoms with Gasteiger partial charge in [-0.25, -0.2) is 9.97 Å². The van der Waals surface area contributed by atoms with Crippen LogP contribution >= 0.6 is 11.6 Å². The molecule has 0 radical (unpaired) electrons. The molecule has 1 aliphatic heterocycles. The molecule has 0 unspecified atom stereocenters. The van der Waals surface area contributed by atoms with Gasteiger partial charge >= 0.3 is 0 Å². The molecule has 6 heteroatoms. The second kappa shape index (κ2) is 6.18. The van der Waals surface area contributed by atoms with E-state index in [1.165, 1.54) is 0 Å². The van der Waals surface area contributed by atoms with Gasteiger partial charge in [-0.05, 0) is 12.1 Å². The Kier molecular flexibility index (Phi) is 4.10. The number of methoxy groups -OCH3 is 1. The molecule has 3 rings (SSSR count). The van der Waals surface area contributed by atoms with E-state index in [4.69, 9.17) is 16.3 Å². The number of nitrogens with zero attached hydrogens (tertiary/aromatic N) is 4. The number of aromatic nitrogens is 2. The fourth-order valence-electron chi connectivity index (χ4n) is 2.58. The fourth-order valence-corrected chi connectivity index (χ4v) is 2.80. The molecule has 1 saturated heterocycles. The lowest BCUT2D eigenvalue weighted by atomic mass is 10.2. The molecule has 0 amide bonds. The SMILES string of the molecule is COc1ccccc1N1CCN(c2nccnc2Cl)CC1. The Morgan fingerprint density at radius 3 is 2.38 bits per heavy atom. The lowest BCUT2D eigenvalue weighted by Gasteiger charge is -2.37. The highest BCUT2D eigenvalue weighted by atomic mass is 35.5. The van der Waals surface area contributed by atoms with Crippen molar-refractivity contribution < 1.29 is 4.74 Å². The molecule has 5 nitrogen and oxygen atoms in total. The first-order chi connectivity index (χ1) is 10.3. The highest BCUT2D eigenvalue weighted by molar-refractivity contribution is 6.31. The van der Waals surface area contributed by atoms with Crippen LogP contribution in [0.15, 0.2) is 36.7 Å². The number of para-hydroxylation sites is 2. The topological polar surface area (TPSA) is 41.5 Å². The fraction of sp³-hybridized carbons (Fsp3) is 0.333. The minimum Gasteiger partial charge on any atom is -0.495 e. The van der Waals surface area contributed by atoms with E-state index in [0.29, 0.717) is 5.15 Å². The summed E-state index contributed by atoms with van der Waals surface area (Å²) < 4.78 is 5.43. The van der Waals surface area contributed by atoms with Crippen LogP contribution in [0.2, 0.25) is 5.15 Å². The summed E-state index contributed by atoms with van der Waals surface area (Å²) in [5.41, 5.74) is 1.13. The van der Waals surface area contributed by atoms with E-state index in [1.54, 1.807) is 19.5 Å². The average molecular weight is 305 g/mol. The maximum absolute atomic E-state index is 6.11. The molecule has 2 heterocycles. The Hall–Kier alpha value is -2.01. The van der Waals surface area contributed by atoms with Crippen molar-refractivity contribution in [2.75, 3.05) is 43.1 Å². The molecule has 1 fully saturated rings. The van der Waals surface area contributed by atoms with E-state index in [0.717, 1.165) is 43.4 Å². The predicted octanol–water partition coefficient (Wildman–Crippen LogP) is 2.47. The van der Waals surface area contributed by atoms with Gasteiger partial charge in [0.25, 0.3) is 0 Å². The largest absolute Gasteiger partial charge is 0.495 e. The number of halogens is 1. The second-order valence-corrected chi connectivity index (χ2v) is 5.17. The van der Waals surface area contributed by atoms with Gasteiger partial charge in [-0.1, -0.05) is 23.7 Å². The van der Waals surface area contributed by atoms with E-state index in [-0.39, 0.29) is 0 Å². The third-order valence-corrected chi connectivity index (χ3v) is 3.91. The van der Waals surface area contributed by atoms with Crippen molar-refractivity contribution in [2.45, 2.75) is 0 Å². The van der Waals surface area contributed by atoms with E-state index in [9.17, 15) is 0 Å². The number of ether oxygens (including phenoxy) is 1. The van der Waals surface area contributed by atoms with Gasteiger partial charge in [0.15, 0.2) is 11.0 Å². The standard InChI is InChI=1S/C15H17ClN4O/c1-21-13-5-3-2-4-12(13)19-8-10-20(11-9-19)15-14(16)17-6-7-18-15/h2-7H,8-11H2,1H3. The molecule has 0 atom stereocenters. The van der Waals surface area contributed by atoms with Crippen LogP contribution < -0.4 is 14.5 Å². The van der Waals surface area contributed by atoms with E-state index in [1.807, 2.05) is 18.2 Å². The third kappa shape index (κ3) is 2.88. The second-order valence-electron chi connectivity index (χ2n) is 4.82. The maximum atomic E-state index is 6.11. The maximum Gasteiger partial charge on any atom is 0.171 e. The van der Waals surface area contributed by atoms with E-state index >= 15 is 0 Å². The van der Waals surface area contributed by atoms with Gasteiger partial charge in [0.1, 0.15) is 5.75 Å². The zero-order valence-corrected chi connectivity index (χ0v) is 12.6. The van der Waals surface area contributed by atoms with Gasteiger partial charge in [0.2, 0.25) is 0 Å². The van der Waals surface area contributed by atoms with Crippen molar-refractivity contribution in [1.29, 1.82) is 0 Å². The molecule has 0 aliphatic carbocycles.